The molecule has 150 valence electrons. The first-order valence-electron chi connectivity index (χ1n) is 9.54. The molecule has 0 spiro atoms. The standard InChI is InChI=1S/C24H19ClN2O3/c25-19-10-8-17(9-11-19)22(28)20-21(18-7-4-13-26-15-18)27(24(30)23(20)29)14-12-16-5-2-1-3-6-16/h1-11,13,15,21,28H,12,14H2/b22-20+. The van der Waals surface area contributed by atoms with Crippen LogP contribution in [0.5, 0.6) is 0 Å². The van der Waals surface area contributed by atoms with Gasteiger partial charge in [0.1, 0.15) is 5.76 Å². The topological polar surface area (TPSA) is 70.5 Å². The second-order valence-electron chi connectivity index (χ2n) is 7.02. The second kappa shape index (κ2) is 8.51. The van der Waals surface area contributed by atoms with Gasteiger partial charge in [0.2, 0.25) is 0 Å². The number of nitrogens with zero attached hydrogens (tertiary/aromatic N) is 2. The van der Waals surface area contributed by atoms with Gasteiger partial charge in [-0.25, -0.2) is 0 Å². The Balaban J connectivity index is 1.76. The molecule has 1 unspecified atom stereocenters. The number of carbonyl (C=O) groups excluding carboxylic acids is 2. The van der Waals surface area contributed by atoms with E-state index in [2.05, 4.69) is 4.98 Å². The Bertz CT molecular complexity index is 1100. The first-order valence-corrected chi connectivity index (χ1v) is 9.92. The summed E-state index contributed by atoms with van der Waals surface area (Å²) in [6.45, 7) is 0.339. The smallest absolute Gasteiger partial charge is 0.295 e. The molecule has 30 heavy (non-hydrogen) atoms. The third-order valence-electron chi connectivity index (χ3n) is 5.14. The Hall–Kier alpha value is -3.44. The Labute approximate surface area is 179 Å². The van der Waals surface area contributed by atoms with Gasteiger partial charge in [-0.1, -0.05) is 48.0 Å². The number of aliphatic hydroxyl groups excluding tert-OH is 1. The number of halogens is 1. The highest BCUT2D eigenvalue weighted by atomic mass is 35.5. The highest BCUT2D eigenvalue weighted by Crippen LogP contribution is 2.39. The van der Waals surface area contributed by atoms with Gasteiger partial charge in [-0.2, -0.15) is 0 Å². The third-order valence-corrected chi connectivity index (χ3v) is 5.39. The molecule has 0 bridgehead atoms. The normalized spacial score (nSPS) is 18.0. The lowest BCUT2D eigenvalue weighted by Gasteiger charge is -2.25. The number of hydrogen-bond donors (Lipinski definition) is 1. The van der Waals surface area contributed by atoms with E-state index in [1.807, 2.05) is 30.3 Å². The second-order valence-corrected chi connectivity index (χ2v) is 7.46. The average molecular weight is 419 g/mol. The lowest BCUT2D eigenvalue weighted by Crippen LogP contribution is -2.31. The molecule has 6 heteroatoms. The van der Waals surface area contributed by atoms with Crippen molar-refractivity contribution in [1.82, 2.24) is 9.88 Å². The summed E-state index contributed by atoms with van der Waals surface area (Å²) in [5, 5.41) is 11.5. The van der Waals surface area contributed by atoms with E-state index in [-0.39, 0.29) is 11.3 Å². The van der Waals surface area contributed by atoms with Crippen molar-refractivity contribution in [2.24, 2.45) is 0 Å². The molecule has 0 radical (unpaired) electrons. The van der Waals surface area contributed by atoms with Crippen LogP contribution in [0.4, 0.5) is 0 Å². The molecule has 5 nitrogen and oxygen atoms in total. The van der Waals surface area contributed by atoms with Gasteiger partial charge in [0.05, 0.1) is 11.6 Å². The molecule has 1 aliphatic heterocycles. The molecule has 1 atom stereocenters. The fourth-order valence-corrected chi connectivity index (χ4v) is 3.78. The molecule has 2 aromatic carbocycles. The predicted octanol–water partition coefficient (Wildman–Crippen LogP) is 4.40. The van der Waals surface area contributed by atoms with Gasteiger partial charge >= 0.3 is 0 Å². The lowest BCUT2D eigenvalue weighted by molar-refractivity contribution is -0.139. The number of hydrogen-bond acceptors (Lipinski definition) is 4. The van der Waals surface area contributed by atoms with Crippen LogP contribution in [0.1, 0.15) is 22.7 Å². The lowest BCUT2D eigenvalue weighted by atomic mass is 9.96. The van der Waals surface area contributed by atoms with E-state index in [1.54, 1.807) is 48.8 Å². The summed E-state index contributed by atoms with van der Waals surface area (Å²) in [5.74, 6) is -1.55. The minimum Gasteiger partial charge on any atom is -0.507 e. The first kappa shape index (κ1) is 19.9. The molecule has 1 fully saturated rings. The highest BCUT2D eigenvalue weighted by Gasteiger charge is 2.45. The summed E-state index contributed by atoms with van der Waals surface area (Å²) in [7, 11) is 0. The first-order chi connectivity index (χ1) is 14.6. The van der Waals surface area contributed by atoms with Crippen LogP contribution >= 0.6 is 11.6 Å². The van der Waals surface area contributed by atoms with E-state index >= 15 is 0 Å². The number of Topliss-reactive ketones (excluding diaryl/α,β-unsaturated/α-hetero) is 1. The number of pyridine rings is 1. The summed E-state index contributed by atoms with van der Waals surface area (Å²) in [6, 6.07) is 19.1. The zero-order valence-electron chi connectivity index (χ0n) is 16.0. The van der Waals surface area contributed by atoms with Crippen LogP contribution in [-0.2, 0) is 16.0 Å². The minimum atomic E-state index is -0.710. The molecule has 1 aromatic heterocycles. The molecule has 3 aromatic rings. The van der Waals surface area contributed by atoms with E-state index < -0.39 is 17.7 Å². The van der Waals surface area contributed by atoms with Crippen molar-refractivity contribution in [3.05, 3.63) is 106 Å². The number of likely N-dealkylation sites (tertiary alicyclic amines) is 1. The van der Waals surface area contributed by atoms with Gasteiger partial charge in [0, 0.05) is 29.5 Å². The number of aliphatic hydroxyl groups is 1. The summed E-state index contributed by atoms with van der Waals surface area (Å²) in [6.07, 6.45) is 3.83. The van der Waals surface area contributed by atoms with Crippen LogP contribution in [0.3, 0.4) is 0 Å². The average Bonchev–Trinajstić information content (AvgIpc) is 3.04. The molecule has 4 rings (SSSR count). The van der Waals surface area contributed by atoms with Crippen molar-refractivity contribution < 1.29 is 14.7 Å². The van der Waals surface area contributed by atoms with E-state index in [4.69, 9.17) is 11.6 Å². The van der Waals surface area contributed by atoms with Crippen molar-refractivity contribution in [2.75, 3.05) is 6.54 Å². The van der Waals surface area contributed by atoms with E-state index in [1.165, 1.54) is 4.90 Å². The molecular weight excluding hydrogens is 400 g/mol. The largest absolute Gasteiger partial charge is 0.507 e. The fourth-order valence-electron chi connectivity index (χ4n) is 3.65. The SMILES string of the molecule is O=C1C(=O)N(CCc2ccccc2)C(c2cccnc2)/C1=C(\O)c1ccc(Cl)cc1. The van der Waals surface area contributed by atoms with Gasteiger partial charge in [-0.05, 0) is 47.9 Å². The number of ketones is 1. The Morgan fingerprint density at radius 2 is 1.73 bits per heavy atom. The van der Waals surface area contributed by atoms with E-state index in [0.717, 1.165) is 5.56 Å². The van der Waals surface area contributed by atoms with Gasteiger partial charge in [-0.15, -0.1) is 0 Å². The van der Waals surface area contributed by atoms with Crippen LogP contribution in [0.15, 0.2) is 84.7 Å². The van der Waals surface area contributed by atoms with Gasteiger partial charge in [0.15, 0.2) is 0 Å². The quantitative estimate of drug-likeness (QED) is 0.379. The molecule has 1 N–H and O–H groups in total. The van der Waals surface area contributed by atoms with E-state index in [0.29, 0.717) is 29.1 Å². The number of benzene rings is 2. The van der Waals surface area contributed by atoms with Crippen molar-refractivity contribution >= 4 is 29.1 Å². The van der Waals surface area contributed by atoms with Gasteiger partial charge in [-0.3, -0.25) is 14.6 Å². The van der Waals surface area contributed by atoms with Crippen molar-refractivity contribution in [3.8, 4) is 0 Å². The molecule has 0 saturated carbocycles. The summed E-state index contributed by atoms with van der Waals surface area (Å²) in [5.41, 5.74) is 2.21. The number of amides is 1. The molecule has 1 aliphatic rings. The number of aromatic nitrogens is 1. The van der Waals surface area contributed by atoms with Gasteiger partial charge in [0.25, 0.3) is 11.7 Å². The molecule has 2 heterocycles. The fraction of sp³-hybridized carbons (Fsp3) is 0.125. The summed E-state index contributed by atoms with van der Waals surface area (Å²) in [4.78, 5) is 31.5. The number of rotatable bonds is 5. The molecule has 0 aliphatic carbocycles. The minimum absolute atomic E-state index is 0.0587. The zero-order valence-corrected chi connectivity index (χ0v) is 16.8. The van der Waals surface area contributed by atoms with Crippen molar-refractivity contribution in [3.63, 3.8) is 0 Å². The van der Waals surface area contributed by atoms with Crippen LogP contribution in [0.2, 0.25) is 5.02 Å². The van der Waals surface area contributed by atoms with E-state index in [9.17, 15) is 14.7 Å². The summed E-state index contributed by atoms with van der Waals surface area (Å²) < 4.78 is 0. The van der Waals surface area contributed by atoms with Crippen LogP contribution in [0, 0.1) is 0 Å². The Morgan fingerprint density at radius 1 is 1.00 bits per heavy atom. The Kier molecular flexibility index (Phi) is 5.63. The summed E-state index contributed by atoms with van der Waals surface area (Å²) >= 11 is 5.94. The maximum Gasteiger partial charge on any atom is 0.295 e. The number of carbonyl (C=O) groups is 2. The van der Waals surface area contributed by atoms with Gasteiger partial charge < -0.3 is 10.0 Å². The maximum atomic E-state index is 12.9. The van der Waals surface area contributed by atoms with Crippen molar-refractivity contribution in [2.45, 2.75) is 12.5 Å². The predicted molar refractivity (Wildman–Crippen MR) is 115 cm³/mol. The van der Waals surface area contributed by atoms with Crippen LogP contribution in [0.25, 0.3) is 5.76 Å². The monoisotopic (exact) mass is 418 g/mol. The van der Waals surface area contributed by atoms with Crippen LogP contribution in [-0.4, -0.2) is 33.2 Å². The molecule has 1 saturated heterocycles. The molecule has 1 amide bonds. The zero-order chi connectivity index (χ0) is 21.1. The third kappa shape index (κ3) is 3.84. The highest BCUT2D eigenvalue weighted by molar-refractivity contribution is 6.46. The van der Waals surface area contributed by atoms with Crippen molar-refractivity contribution in [1.29, 1.82) is 0 Å². The molecular formula is C24H19ClN2O3. The Morgan fingerprint density at radius 3 is 2.40 bits per heavy atom. The maximum absolute atomic E-state index is 12.9. The van der Waals surface area contributed by atoms with Crippen LogP contribution < -0.4 is 0 Å².